The lowest BCUT2D eigenvalue weighted by atomic mass is 10.2. The topological polar surface area (TPSA) is 26.3 Å². The minimum absolute atomic E-state index is 0.0661. The molecule has 0 fully saturated rings. The SMILES string of the molecule is CC(=O)c1ccc(OCc2ccc(Cl)cc2)s1. The monoisotopic (exact) mass is 266 g/mol. The fraction of sp³-hybridized carbons (Fsp3) is 0.154. The molecule has 0 aliphatic heterocycles. The van der Waals surface area contributed by atoms with E-state index in [0.717, 1.165) is 15.5 Å². The summed E-state index contributed by atoms with van der Waals surface area (Å²) in [6.07, 6.45) is 0. The van der Waals surface area contributed by atoms with Crippen molar-refractivity contribution in [3.63, 3.8) is 0 Å². The molecule has 0 N–H and O–H groups in total. The van der Waals surface area contributed by atoms with E-state index >= 15 is 0 Å². The van der Waals surface area contributed by atoms with Crippen molar-refractivity contribution in [3.05, 3.63) is 51.9 Å². The quantitative estimate of drug-likeness (QED) is 0.776. The third kappa shape index (κ3) is 3.32. The number of ketones is 1. The Morgan fingerprint density at radius 1 is 1.24 bits per heavy atom. The zero-order chi connectivity index (χ0) is 12.3. The first-order chi connectivity index (χ1) is 8.15. The van der Waals surface area contributed by atoms with Gasteiger partial charge in [0.2, 0.25) is 0 Å². The number of benzene rings is 1. The number of Topliss-reactive ketones (excluding diaryl/α,β-unsaturated/α-hetero) is 1. The van der Waals surface area contributed by atoms with Crippen molar-refractivity contribution in [2.24, 2.45) is 0 Å². The summed E-state index contributed by atoms with van der Waals surface area (Å²) in [6, 6.07) is 11.1. The van der Waals surface area contributed by atoms with Gasteiger partial charge in [0.15, 0.2) is 10.8 Å². The smallest absolute Gasteiger partial charge is 0.174 e. The second-order valence-electron chi connectivity index (χ2n) is 3.59. The third-order valence-corrected chi connectivity index (χ3v) is 3.57. The van der Waals surface area contributed by atoms with Gasteiger partial charge in [-0.05, 0) is 36.8 Å². The number of halogens is 1. The molecule has 0 amide bonds. The first-order valence-electron chi connectivity index (χ1n) is 5.13. The normalized spacial score (nSPS) is 10.2. The van der Waals surface area contributed by atoms with Crippen molar-refractivity contribution in [1.29, 1.82) is 0 Å². The van der Waals surface area contributed by atoms with E-state index in [1.165, 1.54) is 11.3 Å². The molecule has 1 aromatic heterocycles. The average Bonchev–Trinajstić information content (AvgIpc) is 2.77. The molecule has 0 radical (unpaired) electrons. The zero-order valence-corrected chi connectivity index (χ0v) is 10.8. The molecule has 17 heavy (non-hydrogen) atoms. The maximum Gasteiger partial charge on any atom is 0.174 e. The summed E-state index contributed by atoms with van der Waals surface area (Å²) < 4.78 is 5.59. The number of carbonyl (C=O) groups is 1. The van der Waals surface area contributed by atoms with Gasteiger partial charge in [-0.3, -0.25) is 4.79 Å². The molecule has 0 saturated heterocycles. The van der Waals surface area contributed by atoms with Crippen LogP contribution in [0, 0.1) is 0 Å². The van der Waals surface area contributed by atoms with E-state index in [2.05, 4.69) is 0 Å². The largest absolute Gasteiger partial charge is 0.479 e. The molecule has 1 aromatic carbocycles. The molecule has 0 unspecified atom stereocenters. The van der Waals surface area contributed by atoms with E-state index in [1.807, 2.05) is 30.3 Å². The van der Waals surface area contributed by atoms with Crippen LogP contribution in [0.2, 0.25) is 5.02 Å². The maximum absolute atomic E-state index is 11.1. The van der Waals surface area contributed by atoms with Gasteiger partial charge >= 0.3 is 0 Å². The molecule has 0 spiro atoms. The molecule has 0 saturated carbocycles. The molecule has 88 valence electrons. The van der Waals surface area contributed by atoms with Gasteiger partial charge in [0.05, 0.1) is 4.88 Å². The van der Waals surface area contributed by atoms with Crippen molar-refractivity contribution < 1.29 is 9.53 Å². The van der Waals surface area contributed by atoms with Crippen LogP contribution >= 0.6 is 22.9 Å². The molecular weight excluding hydrogens is 256 g/mol. The second kappa shape index (κ2) is 5.34. The minimum Gasteiger partial charge on any atom is -0.479 e. The summed E-state index contributed by atoms with van der Waals surface area (Å²) in [4.78, 5) is 11.8. The Bertz CT molecular complexity index is 516. The first-order valence-corrected chi connectivity index (χ1v) is 6.32. The van der Waals surface area contributed by atoms with E-state index in [9.17, 15) is 4.79 Å². The molecule has 0 atom stereocenters. The summed E-state index contributed by atoms with van der Waals surface area (Å²) in [6.45, 7) is 2.03. The van der Waals surface area contributed by atoms with Crippen LogP contribution in [0.25, 0.3) is 0 Å². The van der Waals surface area contributed by atoms with Crippen LogP contribution in [0.1, 0.15) is 22.2 Å². The van der Waals surface area contributed by atoms with Gasteiger partial charge in [0.1, 0.15) is 6.61 Å². The van der Waals surface area contributed by atoms with Gasteiger partial charge in [0, 0.05) is 5.02 Å². The Morgan fingerprint density at radius 2 is 1.94 bits per heavy atom. The summed E-state index contributed by atoms with van der Waals surface area (Å²) >= 11 is 7.16. The van der Waals surface area contributed by atoms with Crippen LogP contribution in [-0.2, 0) is 6.61 Å². The van der Waals surface area contributed by atoms with Crippen LogP contribution < -0.4 is 4.74 Å². The van der Waals surface area contributed by atoms with E-state index < -0.39 is 0 Å². The van der Waals surface area contributed by atoms with Crippen LogP contribution in [0.15, 0.2) is 36.4 Å². The molecule has 2 rings (SSSR count). The fourth-order valence-electron chi connectivity index (χ4n) is 1.32. The highest BCUT2D eigenvalue weighted by atomic mass is 35.5. The highest BCUT2D eigenvalue weighted by Crippen LogP contribution is 2.25. The van der Waals surface area contributed by atoms with Crippen LogP contribution in [-0.4, -0.2) is 5.78 Å². The van der Waals surface area contributed by atoms with Gasteiger partial charge < -0.3 is 4.74 Å². The van der Waals surface area contributed by atoms with Gasteiger partial charge in [-0.2, -0.15) is 0 Å². The number of rotatable bonds is 4. The molecule has 4 heteroatoms. The van der Waals surface area contributed by atoms with E-state index in [4.69, 9.17) is 16.3 Å². The van der Waals surface area contributed by atoms with Crippen molar-refractivity contribution >= 4 is 28.7 Å². The first kappa shape index (κ1) is 12.1. The van der Waals surface area contributed by atoms with Gasteiger partial charge in [0.25, 0.3) is 0 Å². The molecule has 2 aromatic rings. The molecule has 2 nitrogen and oxygen atoms in total. The number of thiophene rings is 1. The van der Waals surface area contributed by atoms with E-state index in [0.29, 0.717) is 11.6 Å². The summed E-state index contributed by atoms with van der Waals surface area (Å²) in [7, 11) is 0. The standard InChI is InChI=1S/C13H11ClO2S/c1-9(15)12-6-7-13(17-12)16-8-10-2-4-11(14)5-3-10/h2-7H,8H2,1H3. The van der Waals surface area contributed by atoms with E-state index in [1.54, 1.807) is 13.0 Å². The van der Waals surface area contributed by atoms with E-state index in [-0.39, 0.29) is 5.78 Å². The third-order valence-electron chi connectivity index (χ3n) is 2.22. The zero-order valence-electron chi connectivity index (χ0n) is 9.27. The van der Waals surface area contributed by atoms with Gasteiger partial charge in [-0.1, -0.05) is 35.1 Å². The van der Waals surface area contributed by atoms with Gasteiger partial charge in [-0.25, -0.2) is 0 Å². The predicted molar refractivity (Wildman–Crippen MR) is 70.1 cm³/mol. The van der Waals surface area contributed by atoms with Crippen molar-refractivity contribution in [2.75, 3.05) is 0 Å². The summed E-state index contributed by atoms with van der Waals surface area (Å²) in [5, 5.41) is 1.47. The van der Waals surface area contributed by atoms with Crippen LogP contribution in [0.5, 0.6) is 5.06 Å². The minimum atomic E-state index is 0.0661. The lowest BCUT2D eigenvalue weighted by molar-refractivity contribution is 0.102. The Labute approximate surface area is 109 Å². The predicted octanol–water partition coefficient (Wildman–Crippen LogP) is 4.18. The number of hydrogen-bond donors (Lipinski definition) is 0. The lowest BCUT2D eigenvalue weighted by Crippen LogP contribution is -1.92. The number of ether oxygens (including phenoxy) is 1. The molecule has 0 aliphatic carbocycles. The number of carbonyl (C=O) groups excluding carboxylic acids is 1. The molecular formula is C13H11ClO2S. The van der Waals surface area contributed by atoms with Crippen LogP contribution in [0.3, 0.4) is 0 Å². The van der Waals surface area contributed by atoms with Gasteiger partial charge in [-0.15, -0.1) is 0 Å². The highest BCUT2D eigenvalue weighted by molar-refractivity contribution is 7.15. The lowest BCUT2D eigenvalue weighted by Gasteiger charge is -2.03. The Morgan fingerprint density at radius 3 is 2.53 bits per heavy atom. The molecule has 0 bridgehead atoms. The average molecular weight is 267 g/mol. The van der Waals surface area contributed by atoms with Crippen molar-refractivity contribution in [1.82, 2.24) is 0 Å². The Kier molecular flexibility index (Phi) is 3.82. The Balaban J connectivity index is 1.97. The summed E-state index contributed by atoms with van der Waals surface area (Å²) in [5.74, 6) is 0.0661. The van der Waals surface area contributed by atoms with Crippen LogP contribution in [0.4, 0.5) is 0 Å². The number of hydrogen-bond acceptors (Lipinski definition) is 3. The highest BCUT2D eigenvalue weighted by Gasteiger charge is 2.05. The summed E-state index contributed by atoms with van der Waals surface area (Å²) in [5.41, 5.74) is 1.05. The van der Waals surface area contributed by atoms with Crippen molar-refractivity contribution in [2.45, 2.75) is 13.5 Å². The maximum atomic E-state index is 11.1. The molecule has 1 heterocycles. The van der Waals surface area contributed by atoms with Crippen molar-refractivity contribution in [3.8, 4) is 5.06 Å². The Hall–Kier alpha value is -1.32. The molecule has 0 aliphatic rings. The second-order valence-corrected chi connectivity index (χ2v) is 5.07. The fourth-order valence-corrected chi connectivity index (χ4v) is 2.20.